The molecule has 1 atom stereocenters. The van der Waals surface area contributed by atoms with Crippen LogP contribution in [0.5, 0.6) is 5.75 Å². The van der Waals surface area contributed by atoms with Gasteiger partial charge in [-0.25, -0.2) is 13.1 Å². The average molecular weight is 304 g/mol. The molecule has 0 saturated carbocycles. The third-order valence-electron chi connectivity index (χ3n) is 3.43. The molecule has 1 N–H and O–H groups in total. The molecule has 0 bridgehead atoms. The number of aromatic nitrogens is 1. The summed E-state index contributed by atoms with van der Waals surface area (Å²) in [4.78, 5) is 4.43. The van der Waals surface area contributed by atoms with Gasteiger partial charge in [-0.1, -0.05) is 6.07 Å². The van der Waals surface area contributed by atoms with Gasteiger partial charge in [-0.2, -0.15) is 0 Å². The maximum Gasteiger partial charge on any atom is 0.241 e. The number of nitrogens with zero attached hydrogens (tertiary/aromatic N) is 1. The highest BCUT2D eigenvalue weighted by Gasteiger charge is 2.21. The lowest BCUT2D eigenvalue weighted by Crippen LogP contribution is -2.27. The van der Waals surface area contributed by atoms with Crippen molar-refractivity contribution in [3.05, 3.63) is 53.9 Å². The predicted molar refractivity (Wildman–Crippen MR) is 78.6 cm³/mol. The Labute approximate surface area is 124 Å². The Balaban J connectivity index is 1.84. The number of fused-ring (bicyclic) bond motifs is 1. The summed E-state index contributed by atoms with van der Waals surface area (Å²) in [5.41, 5.74) is 1.62. The molecule has 0 fully saturated rings. The fraction of sp³-hybridized carbons (Fsp3) is 0.267. The maximum atomic E-state index is 12.4. The summed E-state index contributed by atoms with van der Waals surface area (Å²) in [6.45, 7) is 2.38. The molecule has 1 aliphatic rings. The van der Waals surface area contributed by atoms with Gasteiger partial charge in [0.1, 0.15) is 5.75 Å². The molecule has 2 aromatic rings. The van der Waals surface area contributed by atoms with Crippen LogP contribution in [0.3, 0.4) is 0 Å². The number of hydrogen-bond acceptors (Lipinski definition) is 4. The van der Waals surface area contributed by atoms with Crippen molar-refractivity contribution in [2.45, 2.75) is 24.3 Å². The number of pyridine rings is 1. The van der Waals surface area contributed by atoms with E-state index in [-0.39, 0.29) is 10.9 Å². The monoisotopic (exact) mass is 304 g/mol. The Bertz CT molecular complexity index is 745. The summed E-state index contributed by atoms with van der Waals surface area (Å²) in [7, 11) is -3.57. The summed E-state index contributed by atoms with van der Waals surface area (Å²) in [5.74, 6) is 0.770. The van der Waals surface area contributed by atoms with Gasteiger partial charge in [0.25, 0.3) is 0 Å². The molecule has 1 aliphatic heterocycles. The van der Waals surface area contributed by atoms with E-state index in [2.05, 4.69) is 9.71 Å². The van der Waals surface area contributed by atoms with Gasteiger partial charge >= 0.3 is 0 Å². The lowest BCUT2D eigenvalue weighted by molar-refractivity contribution is 0.356. The first-order valence-corrected chi connectivity index (χ1v) is 8.23. The molecule has 5 nitrogen and oxygen atoms in total. The molecule has 0 aliphatic carbocycles. The van der Waals surface area contributed by atoms with E-state index in [4.69, 9.17) is 4.74 Å². The normalized spacial score (nSPS) is 15.3. The first-order valence-electron chi connectivity index (χ1n) is 6.75. The summed E-state index contributed by atoms with van der Waals surface area (Å²) in [5, 5.41) is 0. The third kappa shape index (κ3) is 2.91. The second kappa shape index (κ2) is 5.46. The molecule has 110 valence electrons. The zero-order valence-corrected chi connectivity index (χ0v) is 12.4. The molecule has 0 unspecified atom stereocenters. The van der Waals surface area contributed by atoms with Gasteiger partial charge in [0.15, 0.2) is 0 Å². The van der Waals surface area contributed by atoms with Crippen LogP contribution in [0, 0.1) is 0 Å². The second-order valence-electron chi connectivity index (χ2n) is 4.97. The minimum Gasteiger partial charge on any atom is -0.493 e. The minimum atomic E-state index is -3.57. The highest BCUT2D eigenvalue weighted by Crippen LogP contribution is 2.28. The zero-order valence-electron chi connectivity index (χ0n) is 11.6. The van der Waals surface area contributed by atoms with Crippen LogP contribution in [0.15, 0.2) is 47.5 Å². The summed E-state index contributed by atoms with van der Waals surface area (Å²) < 4.78 is 32.9. The molecular formula is C15H16N2O3S. The first-order chi connectivity index (χ1) is 10.1. The van der Waals surface area contributed by atoms with Gasteiger partial charge in [0.2, 0.25) is 10.0 Å². The van der Waals surface area contributed by atoms with Crippen LogP contribution in [0.25, 0.3) is 0 Å². The number of sulfonamides is 1. The summed E-state index contributed by atoms with van der Waals surface area (Å²) >= 11 is 0. The van der Waals surface area contributed by atoms with Crippen molar-refractivity contribution in [2.75, 3.05) is 6.61 Å². The predicted octanol–water partition coefficient (Wildman–Crippen LogP) is 2.06. The quantitative estimate of drug-likeness (QED) is 0.938. The average Bonchev–Trinajstić information content (AvgIpc) is 2.95. The molecule has 1 aromatic heterocycles. The number of hydrogen-bond donors (Lipinski definition) is 1. The Hall–Kier alpha value is -1.92. The third-order valence-corrected chi connectivity index (χ3v) is 4.97. The van der Waals surface area contributed by atoms with Crippen LogP contribution < -0.4 is 9.46 Å². The SMILES string of the molecule is C[C@@H](NS(=O)(=O)c1ccc2c(c1)CCO2)c1ccccn1. The molecule has 1 aromatic carbocycles. The van der Waals surface area contributed by atoms with Gasteiger partial charge in [-0.3, -0.25) is 4.98 Å². The van der Waals surface area contributed by atoms with Crippen molar-refractivity contribution >= 4 is 10.0 Å². The second-order valence-corrected chi connectivity index (χ2v) is 6.68. The van der Waals surface area contributed by atoms with Crippen LogP contribution >= 0.6 is 0 Å². The fourth-order valence-corrected chi connectivity index (χ4v) is 3.59. The molecular weight excluding hydrogens is 288 g/mol. The van der Waals surface area contributed by atoms with Crippen LogP contribution in [0.4, 0.5) is 0 Å². The van der Waals surface area contributed by atoms with E-state index in [0.29, 0.717) is 12.3 Å². The largest absolute Gasteiger partial charge is 0.493 e. The van der Waals surface area contributed by atoms with E-state index in [1.54, 1.807) is 43.5 Å². The summed E-state index contributed by atoms with van der Waals surface area (Å²) in [6.07, 6.45) is 2.39. The van der Waals surface area contributed by atoms with Gasteiger partial charge in [-0.05, 0) is 42.8 Å². The highest BCUT2D eigenvalue weighted by molar-refractivity contribution is 7.89. The maximum absolute atomic E-state index is 12.4. The minimum absolute atomic E-state index is 0.259. The van der Waals surface area contributed by atoms with E-state index in [1.807, 2.05) is 6.07 Å². The van der Waals surface area contributed by atoms with Crippen molar-refractivity contribution < 1.29 is 13.2 Å². The molecule has 0 radical (unpaired) electrons. The number of rotatable bonds is 4. The molecule has 2 heterocycles. The van der Waals surface area contributed by atoms with E-state index in [9.17, 15) is 8.42 Å². The van der Waals surface area contributed by atoms with E-state index in [0.717, 1.165) is 17.7 Å². The molecule has 21 heavy (non-hydrogen) atoms. The standard InChI is InChI=1S/C15H16N2O3S/c1-11(14-4-2-3-8-16-14)17-21(18,19)13-5-6-15-12(10-13)7-9-20-15/h2-6,8,10-11,17H,7,9H2,1H3/t11-/m1/s1. The zero-order chi connectivity index (χ0) is 14.9. The molecule has 0 amide bonds. The van der Waals surface area contributed by atoms with Crippen molar-refractivity contribution in [1.29, 1.82) is 0 Å². The summed E-state index contributed by atoms with van der Waals surface area (Å²) in [6, 6.07) is 9.99. The number of ether oxygens (including phenoxy) is 1. The van der Waals surface area contributed by atoms with Crippen molar-refractivity contribution in [1.82, 2.24) is 9.71 Å². The Morgan fingerprint density at radius 2 is 2.14 bits per heavy atom. The van der Waals surface area contributed by atoms with Crippen molar-refractivity contribution in [3.8, 4) is 5.75 Å². The van der Waals surface area contributed by atoms with Crippen molar-refractivity contribution in [2.24, 2.45) is 0 Å². The Kier molecular flexibility index (Phi) is 3.65. The Morgan fingerprint density at radius 3 is 2.90 bits per heavy atom. The van der Waals surface area contributed by atoms with Crippen molar-refractivity contribution in [3.63, 3.8) is 0 Å². The molecule has 0 spiro atoms. The van der Waals surface area contributed by atoms with E-state index >= 15 is 0 Å². The number of nitrogens with one attached hydrogen (secondary N) is 1. The lowest BCUT2D eigenvalue weighted by Gasteiger charge is -2.14. The molecule has 6 heteroatoms. The Morgan fingerprint density at radius 1 is 1.29 bits per heavy atom. The highest BCUT2D eigenvalue weighted by atomic mass is 32.2. The van der Waals surface area contributed by atoms with Gasteiger partial charge in [0, 0.05) is 12.6 Å². The first kappa shape index (κ1) is 14.0. The van der Waals surface area contributed by atoms with Gasteiger partial charge in [0.05, 0.1) is 23.2 Å². The van der Waals surface area contributed by atoms with E-state index < -0.39 is 10.0 Å². The van der Waals surface area contributed by atoms with Gasteiger partial charge in [-0.15, -0.1) is 0 Å². The molecule has 3 rings (SSSR count). The molecule has 0 saturated heterocycles. The van der Waals surface area contributed by atoms with E-state index in [1.165, 1.54) is 0 Å². The lowest BCUT2D eigenvalue weighted by atomic mass is 10.2. The topological polar surface area (TPSA) is 68.3 Å². The van der Waals surface area contributed by atoms with Crippen LogP contribution in [0.2, 0.25) is 0 Å². The van der Waals surface area contributed by atoms with Crippen LogP contribution in [-0.2, 0) is 16.4 Å². The van der Waals surface area contributed by atoms with Crippen LogP contribution in [0.1, 0.15) is 24.2 Å². The fourth-order valence-electron chi connectivity index (χ4n) is 2.32. The smallest absolute Gasteiger partial charge is 0.241 e. The van der Waals surface area contributed by atoms with Crippen LogP contribution in [-0.4, -0.2) is 20.0 Å². The number of benzene rings is 1. The van der Waals surface area contributed by atoms with Gasteiger partial charge < -0.3 is 4.74 Å².